The van der Waals surface area contributed by atoms with E-state index in [0.29, 0.717) is 5.02 Å². The second-order valence-electron chi connectivity index (χ2n) is 7.25. The van der Waals surface area contributed by atoms with Crippen LogP contribution in [-0.2, 0) is 5.72 Å². The van der Waals surface area contributed by atoms with Gasteiger partial charge in [-0.05, 0) is 35.9 Å². The highest BCUT2D eigenvalue weighted by atomic mass is 79.9. The summed E-state index contributed by atoms with van der Waals surface area (Å²) in [6, 6.07) is 24.5. The molecule has 2 aliphatic rings. The van der Waals surface area contributed by atoms with Gasteiger partial charge in [0.05, 0.1) is 11.8 Å². The van der Waals surface area contributed by atoms with Gasteiger partial charge in [0.2, 0.25) is 5.72 Å². The average molecular weight is 454 g/mol. The molecule has 0 aromatic heterocycles. The zero-order chi connectivity index (χ0) is 19.3. The fourth-order valence-electron chi connectivity index (χ4n) is 4.03. The van der Waals surface area contributed by atoms with Crippen LogP contribution in [0.25, 0.3) is 0 Å². The maximum Gasteiger partial charge on any atom is 0.221 e. The fraction of sp³-hybridized carbons (Fsp3) is 0.174. The third kappa shape index (κ3) is 2.83. The maximum absolute atomic E-state index is 6.55. The summed E-state index contributed by atoms with van der Waals surface area (Å²) in [5.41, 5.74) is 3.67. The molecule has 0 saturated heterocycles. The van der Waals surface area contributed by atoms with Crippen LogP contribution in [-0.4, -0.2) is 10.7 Å². The number of nitrogens with zero attached hydrogens (tertiary/aromatic N) is 2. The number of fused-ring (bicyclic) bond motifs is 3. The summed E-state index contributed by atoms with van der Waals surface area (Å²) in [7, 11) is 0. The van der Waals surface area contributed by atoms with Crippen molar-refractivity contribution in [2.45, 2.75) is 25.1 Å². The summed E-state index contributed by atoms with van der Waals surface area (Å²) in [6.45, 7) is 2.08. The summed E-state index contributed by atoms with van der Waals surface area (Å²) in [5.74, 6) is 0.895. The second-order valence-corrected chi connectivity index (χ2v) is 8.60. The van der Waals surface area contributed by atoms with Crippen molar-refractivity contribution in [3.8, 4) is 5.75 Å². The van der Waals surface area contributed by atoms with Gasteiger partial charge in [-0.2, -0.15) is 5.10 Å². The zero-order valence-electron chi connectivity index (χ0n) is 15.3. The molecule has 0 N–H and O–H groups in total. The predicted molar refractivity (Wildman–Crippen MR) is 116 cm³/mol. The molecular weight excluding hydrogens is 436 g/mol. The highest BCUT2D eigenvalue weighted by molar-refractivity contribution is 9.10. The fourth-order valence-corrected chi connectivity index (χ4v) is 4.54. The number of halogens is 2. The van der Waals surface area contributed by atoms with Gasteiger partial charge in [0.1, 0.15) is 5.75 Å². The van der Waals surface area contributed by atoms with Crippen molar-refractivity contribution >= 4 is 33.2 Å². The molecule has 0 aliphatic carbocycles. The topological polar surface area (TPSA) is 24.8 Å². The van der Waals surface area contributed by atoms with E-state index < -0.39 is 5.72 Å². The lowest BCUT2D eigenvalue weighted by Gasteiger charge is -2.46. The van der Waals surface area contributed by atoms with E-state index in [-0.39, 0.29) is 6.04 Å². The third-order valence-corrected chi connectivity index (χ3v) is 6.22. The molecule has 0 amide bonds. The largest absolute Gasteiger partial charge is 0.462 e. The highest BCUT2D eigenvalue weighted by Crippen LogP contribution is 2.50. The van der Waals surface area contributed by atoms with Gasteiger partial charge in [-0.25, -0.2) is 5.01 Å². The second kappa shape index (κ2) is 6.64. The van der Waals surface area contributed by atoms with Crippen LogP contribution in [0, 0.1) is 0 Å². The van der Waals surface area contributed by atoms with Gasteiger partial charge in [0, 0.05) is 34.0 Å². The number of hydrazone groups is 1. The Labute approximate surface area is 177 Å². The minimum absolute atomic E-state index is 0.108. The molecule has 3 nitrogen and oxygen atoms in total. The average Bonchev–Trinajstić information content (AvgIpc) is 3.17. The molecule has 28 heavy (non-hydrogen) atoms. The Bertz CT molecular complexity index is 1070. The Morgan fingerprint density at radius 2 is 1.82 bits per heavy atom. The van der Waals surface area contributed by atoms with Gasteiger partial charge in [-0.3, -0.25) is 0 Å². The van der Waals surface area contributed by atoms with Gasteiger partial charge in [0.15, 0.2) is 0 Å². The molecule has 0 bridgehead atoms. The molecule has 0 radical (unpaired) electrons. The van der Waals surface area contributed by atoms with Gasteiger partial charge in [0.25, 0.3) is 0 Å². The normalized spacial score (nSPS) is 22.9. The van der Waals surface area contributed by atoms with Crippen LogP contribution in [0.2, 0.25) is 5.02 Å². The number of benzene rings is 3. The van der Waals surface area contributed by atoms with E-state index in [0.717, 1.165) is 39.0 Å². The minimum atomic E-state index is -0.716. The molecule has 3 aromatic rings. The Hall–Kier alpha value is -2.30. The van der Waals surface area contributed by atoms with E-state index >= 15 is 0 Å². The van der Waals surface area contributed by atoms with Gasteiger partial charge in [-0.1, -0.05) is 70.0 Å². The summed E-state index contributed by atoms with van der Waals surface area (Å²) in [6.07, 6.45) is 0.833. The van der Waals surface area contributed by atoms with Crippen LogP contribution >= 0.6 is 27.5 Å². The first-order chi connectivity index (χ1) is 13.5. The lowest BCUT2D eigenvalue weighted by molar-refractivity contribution is -0.112. The summed E-state index contributed by atoms with van der Waals surface area (Å²) < 4.78 is 7.59. The first kappa shape index (κ1) is 17.8. The van der Waals surface area contributed by atoms with Gasteiger partial charge in [-0.15, -0.1) is 0 Å². The number of ether oxygens (including phenoxy) is 1. The summed E-state index contributed by atoms with van der Waals surface area (Å²) in [5, 5.41) is 7.85. The van der Waals surface area contributed by atoms with Crippen LogP contribution in [0.5, 0.6) is 5.75 Å². The number of hydrogen-bond acceptors (Lipinski definition) is 3. The molecule has 0 saturated carbocycles. The van der Waals surface area contributed by atoms with Crippen molar-refractivity contribution in [2.24, 2.45) is 5.10 Å². The molecule has 0 fully saturated rings. The van der Waals surface area contributed by atoms with Crippen LogP contribution in [0.3, 0.4) is 0 Å². The zero-order valence-corrected chi connectivity index (χ0v) is 17.6. The van der Waals surface area contributed by atoms with E-state index in [1.165, 1.54) is 0 Å². The lowest BCUT2D eigenvalue weighted by Crippen LogP contribution is -2.48. The molecule has 3 aromatic carbocycles. The molecular formula is C23H18BrClN2O. The minimum Gasteiger partial charge on any atom is -0.462 e. The SMILES string of the molecule is C[C@]1(c2ccc(Cl)cc2)Oc2ccc(Br)cc2[C@@H]2CC(c3ccccc3)=NN21. The van der Waals surface area contributed by atoms with Crippen molar-refractivity contribution in [1.82, 2.24) is 5.01 Å². The first-order valence-electron chi connectivity index (χ1n) is 9.21. The molecule has 2 atom stereocenters. The Balaban J connectivity index is 1.66. The van der Waals surface area contributed by atoms with Gasteiger partial charge < -0.3 is 4.74 Å². The lowest BCUT2D eigenvalue weighted by atomic mass is 9.92. The van der Waals surface area contributed by atoms with Crippen molar-refractivity contribution in [1.29, 1.82) is 0 Å². The third-order valence-electron chi connectivity index (χ3n) is 5.47. The standard InChI is InChI=1S/C23H18BrClN2O/c1-23(16-7-10-18(25)11-8-16)27-21(19-13-17(24)9-12-22(19)28-23)14-20(26-27)15-5-3-2-4-6-15/h2-13,21H,14H2,1H3/t21-,23+/m0/s1. The molecule has 0 unspecified atom stereocenters. The Morgan fingerprint density at radius 3 is 2.57 bits per heavy atom. The molecule has 2 aliphatic heterocycles. The monoisotopic (exact) mass is 452 g/mol. The van der Waals surface area contributed by atoms with Crippen molar-refractivity contribution in [3.63, 3.8) is 0 Å². The van der Waals surface area contributed by atoms with E-state index in [1.807, 2.05) is 42.5 Å². The Kier molecular flexibility index (Phi) is 4.22. The van der Waals surface area contributed by atoms with Gasteiger partial charge >= 0.3 is 0 Å². The molecule has 5 heteroatoms. The highest BCUT2D eigenvalue weighted by Gasteiger charge is 2.48. The van der Waals surface area contributed by atoms with Crippen LogP contribution in [0.4, 0.5) is 0 Å². The molecule has 140 valence electrons. The van der Waals surface area contributed by atoms with E-state index in [9.17, 15) is 0 Å². The smallest absolute Gasteiger partial charge is 0.221 e. The molecule has 2 heterocycles. The van der Waals surface area contributed by atoms with E-state index in [4.69, 9.17) is 21.4 Å². The van der Waals surface area contributed by atoms with Crippen LogP contribution in [0.15, 0.2) is 82.4 Å². The Morgan fingerprint density at radius 1 is 1.07 bits per heavy atom. The van der Waals surface area contributed by atoms with Crippen LogP contribution < -0.4 is 4.74 Å². The summed E-state index contributed by atoms with van der Waals surface area (Å²) in [4.78, 5) is 0. The van der Waals surface area contributed by atoms with E-state index in [1.54, 1.807) is 0 Å². The quantitative estimate of drug-likeness (QED) is 0.441. The first-order valence-corrected chi connectivity index (χ1v) is 10.4. The van der Waals surface area contributed by atoms with E-state index in [2.05, 4.69) is 58.2 Å². The van der Waals surface area contributed by atoms with Crippen LogP contribution in [0.1, 0.15) is 36.1 Å². The number of hydrogen-bond donors (Lipinski definition) is 0. The number of rotatable bonds is 2. The van der Waals surface area contributed by atoms with Crippen molar-refractivity contribution in [3.05, 3.63) is 99.0 Å². The van der Waals surface area contributed by atoms with Crippen molar-refractivity contribution < 1.29 is 4.74 Å². The maximum atomic E-state index is 6.55. The summed E-state index contributed by atoms with van der Waals surface area (Å²) >= 11 is 9.72. The van der Waals surface area contributed by atoms with Crippen molar-refractivity contribution in [2.75, 3.05) is 0 Å². The molecule has 5 rings (SSSR count). The molecule has 0 spiro atoms. The predicted octanol–water partition coefficient (Wildman–Crippen LogP) is 6.52.